The van der Waals surface area contributed by atoms with Gasteiger partial charge in [0.15, 0.2) is 0 Å². The Morgan fingerprint density at radius 2 is 2.26 bits per heavy atom. The van der Waals surface area contributed by atoms with Gasteiger partial charge in [-0.25, -0.2) is 9.18 Å². The van der Waals surface area contributed by atoms with Gasteiger partial charge in [-0.2, -0.15) is 0 Å². The Morgan fingerprint density at radius 1 is 1.58 bits per heavy atom. The lowest BCUT2D eigenvalue weighted by molar-refractivity contribution is -0.117. The molecule has 19 heavy (non-hydrogen) atoms. The van der Waals surface area contributed by atoms with Crippen molar-refractivity contribution in [2.45, 2.75) is 6.42 Å². The van der Waals surface area contributed by atoms with Crippen LogP contribution in [0.25, 0.3) is 0 Å². The molecule has 1 unspecified atom stereocenters. The number of nitrogens with zero attached hydrogens (tertiary/aromatic N) is 1. The van der Waals surface area contributed by atoms with E-state index in [-0.39, 0.29) is 41.1 Å². The minimum absolute atomic E-state index is 0.0984. The first kappa shape index (κ1) is 13.5. The zero-order chi connectivity index (χ0) is 14.2. The lowest BCUT2D eigenvalue weighted by Gasteiger charge is -2.20. The second-order valence-corrected chi connectivity index (χ2v) is 4.67. The second-order valence-electron chi connectivity index (χ2n) is 4.26. The summed E-state index contributed by atoms with van der Waals surface area (Å²) >= 11 is 5.79. The number of carboxylic acids is 1. The number of carbonyl (C=O) groups excluding carboxylic acids is 1. The lowest BCUT2D eigenvalue weighted by atomic mass is 10.1. The highest BCUT2D eigenvalue weighted by molar-refractivity contribution is 6.34. The number of rotatable bonds is 3. The molecule has 6 heteroatoms. The molecule has 2 rings (SSSR count). The molecule has 1 aliphatic heterocycles. The van der Waals surface area contributed by atoms with E-state index in [1.807, 2.05) is 0 Å². The summed E-state index contributed by atoms with van der Waals surface area (Å²) in [6.45, 7) is 3.80. The van der Waals surface area contributed by atoms with Crippen LogP contribution in [0.5, 0.6) is 0 Å². The Hall–Kier alpha value is -1.88. The van der Waals surface area contributed by atoms with Gasteiger partial charge >= 0.3 is 5.97 Å². The van der Waals surface area contributed by atoms with Gasteiger partial charge in [-0.3, -0.25) is 4.79 Å². The molecule has 4 nitrogen and oxygen atoms in total. The molecule has 1 fully saturated rings. The van der Waals surface area contributed by atoms with Gasteiger partial charge in [-0.15, -0.1) is 6.58 Å². The van der Waals surface area contributed by atoms with Crippen LogP contribution in [0.15, 0.2) is 24.8 Å². The first-order valence-electron chi connectivity index (χ1n) is 5.60. The fourth-order valence-corrected chi connectivity index (χ4v) is 2.35. The van der Waals surface area contributed by atoms with Gasteiger partial charge in [0.2, 0.25) is 5.91 Å². The summed E-state index contributed by atoms with van der Waals surface area (Å²) in [5.74, 6) is -2.60. The molecule has 0 radical (unpaired) electrons. The summed E-state index contributed by atoms with van der Waals surface area (Å²) in [4.78, 5) is 24.2. The zero-order valence-corrected chi connectivity index (χ0v) is 10.7. The van der Waals surface area contributed by atoms with Gasteiger partial charge in [0, 0.05) is 18.9 Å². The Kier molecular flexibility index (Phi) is 3.57. The van der Waals surface area contributed by atoms with Crippen LogP contribution in [-0.2, 0) is 4.79 Å². The lowest BCUT2D eigenvalue weighted by Crippen LogP contribution is -2.27. The molecule has 1 aliphatic rings. The van der Waals surface area contributed by atoms with Crippen LogP contribution in [0, 0.1) is 11.7 Å². The van der Waals surface area contributed by atoms with Gasteiger partial charge < -0.3 is 10.0 Å². The quantitative estimate of drug-likeness (QED) is 0.868. The molecule has 100 valence electrons. The molecule has 1 N–H and O–H groups in total. The standard InChI is InChI=1S/C13H11ClFNO3/c1-2-7-5-10(17)16(6-7)12-9(15)4-3-8(14)11(12)13(18)19/h2-4,7H,1,5-6H2,(H,18,19). The fraction of sp³-hybridized carbons (Fsp3) is 0.231. The summed E-state index contributed by atoms with van der Waals surface area (Å²) < 4.78 is 13.9. The highest BCUT2D eigenvalue weighted by atomic mass is 35.5. The molecular weight excluding hydrogens is 273 g/mol. The third-order valence-corrected chi connectivity index (χ3v) is 3.36. The molecule has 0 spiro atoms. The molecule has 1 heterocycles. The number of anilines is 1. The number of carbonyl (C=O) groups is 2. The highest BCUT2D eigenvalue weighted by Gasteiger charge is 2.34. The van der Waals surface area contributed by atoms with E-state index in [1.54, 1.807) is 6.08 Å². The zero-order valence-electron chi connectivity index (χ0n) is 9.90. The predicted octanol–water partition coefficient (Wildman–Crippen LogP) is 2.72. The Balaban J connectivity index is 2.56. The summed E-state index contributed by atoms with van der Waals surface area (Å²) in [5, 5.41) is 9.03. The maximum Gasteiger partial charge on any atom is 0.339 e. The average Bonchev–Trinajstić information content (AvgIpc) is 2.72. The molecule has 0 aromatic heterocycles. The SMILES string of the molecule is C=CC1CC(=O)N(c2c(F)ccc(Cl)c2C(=O)O)C1. The summed E-state index contributed by atoms with van der Waals surface area (Å²) in [6, 6.07) is 2.22. The number of hydrogen-bond donors (Lipinski definition) is 1. The molecule has 1 aromatic carbocycles. The van der Waals surface area contributed by atoms with Crippen molar-refractivity contribution in [1.29, 1.82) is 0 Å². The van der Waals surface area contributed by atoms with Crippen molar-refractivity contribution in [3.05, 3.63) is 41.2 Å². The molecule has 0 aliphatic carbocycles. The smallest absolute Gasteiger partial charge is 0.339 e. The number of aromatic carboxylic acids is 1. The van der Waals surface area contributed by atoms with Gasteiger partial charge in [0.1, 0.15) is 11.4 Å². The van der Waals surface area contributed by atoms with E-state index in [0.29, 0.717) is 0 Å². The van der Waals surface area contributed by atoms with Crippen LogP contribution in [0.1, 0.15) is 16.8 Å². The van der Waals surface area contributed by atoms with Crippen molar-refractivity contribution < 1.29 is 19.1 Å². The molecule has 0 saturated carbocycles. The summed E-state index contributed by atoms with van der Waals surface area (Å²) in [7, 11) is 0. The van der Waals surface area contributed by atoms with Crippen molar-refractivity contribution in [3.8, 4) is 0 Å². The number of hydrogen-bond acceptors (Lipinski definition) is 2. The maximum absolute atomic E-state index is 13.9. The van der Waals surface area contributed by atoms with E-state index < -0.39 is 11.8 Å². The minimum atomic E-state index is -1.37. The third-order valence-electron chi connectivity index (χ3n) is 3.05. The summed E-state index contributed by atoms with van der Waals surface area (Å²) in [6.07, 6.45) is 1.79. The Bertz CT molecular complexity index is 573. The minimum Gasteiger partial charge on any atom is -0.478 e. The molecular formula is C13H11ClFNO3. The van der Waals surface area contributed by atoms with Gasteiger partial charge in [-0.1, -0.05) is 17.7 Å². The molecule has 1 aromatic rings. The van der Waals surface area contributed by atoms with E-state index in [2.05, 4.69) is 6.58 Å². The Labute approximate surface area is 114 Å². The topological polar surface area (TPSA) is 57.6 Å². The average molecular weight is 284 g/mol. The van der Waals surface area contributed by atoms with Gasteiger partial charge in [0.05, 0.1) is 10.7 Å². The van der Waals surface area contributed by atoms with E-state index in [4.69, 9.17) is 16.7 Å². The number of amides is 1. The van der Waals surface area contributed by atoms with Crippen molar-refractivity contribution in [3.63, 3.8) is 0 Å². The normalized spacial score (nSPS) is 18.7. The maximum atomic E-state index is 13.9. The molecule has 0 bridgehead atoms. The van der Waals surface area contributed by atoms with Crippen LogP contribution in [0.4, 0.5) is 10.1 Å². The van der Waals surface area contributed by atoms with E-state index in [1.165, 1.54) is 0 Å². The van der Waals surface area contributed by atoms with E-state index in [0.717, 1.165) is 17.0 Å². The van der Waals surface area contributed by atoms with Crippen LogP contribution in [-0.4, -0.2) is 23.5 Å². The van der Waals surface area contributed by atoms with E-state index >= 15 is 0 Å². The molecule has 1 atom stereocenters. The number of halogens is 2. The monoisotopic (exact) mass is 283 g/mol. The van der Waals surface area contributed by atoms with Crippen molar-refractivity contribution in [2.75, 3.05) is 11.4 Å². The van der Waals surface area contributed by atoms with Crippen LogP contribution < -0.4 is 4.90 Å². The molecule has 1 saturated heterocycles. The largest absolute Gasteiger partial charge is 0.478 e. The van der Waals surface area contributed by atoms with Gasteiger partial charge in [0.25, 0.3) is 0 Å². The number of benzene rings is 1. The summed E-state index contributed by atoms with van der Waals surface area (Å²) in [5.41, 5.74) is -0.658. The third kappa shape index (κ3) is 2.33. The van der Waals surface area contributed by atoms with Crippen LogP contribution in [0.3, 0.4) is 0 Å². The van der Waals surface area contributed by atoms with Crippen LogP contribution >= 0.6 is 11.6 Å². The van der Waals surface area contributed by atoms with Crippen molar-refractivity contribution in [1.82, 2.24) is 0 Å². The van der Waals surface area contributed by atoms with E-state index in [9.17, 15) is 14.0 Å². The highest BCUT2D eigenvalue weighted by Crippen LogP contribution is 2.34. The number of carboxylic acid groups (broad SMARTS) is 1. The predicted molar refractivity (Wildman–Crippen MR) is 69.0 cm³/mol. The first-order chi connectivity index (χ1) is 8.95. The molecule has 1 amide bonds. The fourth-order valence-electron chi connectivity index (χ4n) is 2.12. The van der Waals surface area contributed by atoms with Crippen molar-refractivity contribution in [2.24, 2.45) is 5.92 Å². The van der Waals surface area contributed by atoms with Crippen LogP contribution in [0.2, 0.25) is 5.02 Å². The second kappa shape index (κ2) is 5.01. The van der Waals surface area contributed by atoms with Gasteiger partial charge in [-0.05, 0) is 12.1 Å². The first-order valence-corrected chi connectivity index (χ1v) is 5.97. The Morgan fingerprint density at radius 3 is 2.79 bits per heavy atom. The van der Waals surface area contributed by atoms with Crippen molar-refractivity contribution >= 4 is 29.2 Å².